The Morgan fingerprint density at radius 2 is 2.14 bits per heavy atom. The van der Waals surface area contributed by atoms with Gasteiger partial charge >= 0.3 is 0 Å². The third-order valence-electron chi connectivity index (χ3n) is 3.71. The maximum Gasteiger partial charge on any atom is 0.251 e. The summed E-state index contributed by atoms with van der Waals surface area (Å²) in [6.45, 7) is 3.31. The smallest absolute Gasteiger partial charge is 0.251 e. The highest BCUT2D eigenvalue weighted by Gasteiger charge is 2.15. The van der Waals surface area contributed by atoms with Crippen molar-refractivity contribution >= 4 is 5.91 Å². The topological polar surface area (TPSA) is 70.6 Å². The van der Waals surface area contributed by atoms with Crippen LogP contribution in [-0.2, 0) is 4.74 Å². The number of piperidine rings is 1. The summed E-state index contributed by atoms with van der Waals surface area (Å²) in [4.78, 5) is 11.9. The number of aliphatic hydroxyl groups excluding tert-OH is 1. The number of rotatable bonds is 7. The van der Waals surface area contributed by atoms with E-state index in [-0.39, 0.29) is 12.5 Å². The molecule has 21 heavy (non-hydrogen) atoms. The Morgan fingerprint density at radius 3 is 2.81 bits per heavy atom. The molecule has 116 valence electrons. The molecule has 0 spiro atoms. The lowest BCUT2D eigenvalue weighted by Crippen LogP contribution is -2.29. The van der Waals surface area contributed by atoms with E-state index < -0.39 is 0 Å². The fourth-order valence-corrected chi connectivity index (χ4v) is 2.55. The molecule has 3 N–H and O–H groups in total. The van der Waals surface area contributed by atoms with Crippen molar-refractivity contribution in [2.24, 2.45) is 0 Å². The van der Waals surface area contributed by atoms with Crippen LogP contribution in [0.4, 0.5) is 0 Å². The van der Waals surface area contributed by atoms with Gasteiger partial charge in [-0.3, -0.25) is 4.79 Å². The van der Waals surface area contributed by atoms with Crippen molar-refractivity contribution < 1.29 is 14.6 Å². The largest absolute Gasteiger partial charge is 0.394 e. The Hall–Kier alpha value is -1.43. The van der Waals surface area contributed by atoms with Crippen molar-refractivity contribution in [3.63, 3.8) is 0 Å². The highest BCUT2D eigenvalue weighted by molar-refractivity contribution is 5.94. The van der Waals surface area contributed by atoms with E-state index in [1.807, 2.05) is 12.1 Å². The average molecular weight is 292 g/mol. The molecule has 1 aromatic carbocycles. The Bertz CT molecular complexity index is 428. The molecule has 0 radical (unpaired) electrons. The Labute approximate surface area is 125 Å². The molecular formula is C16H24N2O3. The minimum absolute atomic E-state index is 0.00539. The summed E-state index contributed by atoms with van der Waals surface area (Å²) in [6.07, 6.45) is 2.42. The zero-order valence-electron chi connectivity index (χ0n) is 12.3. The van der Waals surface area contributed by atoms with E-state index in [0.717, 1.165) is 13.1 Å². The molecule has 1 fully saturated rings. The molecule has 0 saturated carbocycles. The number of hydrogen-bond acceptors (Lipinski definition) is 4. The molecular weight excluding hydrogens is 268 g/mol. The first-order valence-corrected chi connectivity index (χ1v) is 7.58. The number of ether oxygens (including phenoxy) is 1. The molecule has 1 amide bonds. The van der Waals surface area contributed by atoms with Crippen molar-refractivity contribution in [3.05, 3.63) is 35.4 Å². The van der Waals surface area contributed by atoms with Crippen molar-refractivity contribution in [1.29, 1.82) is 0 Å². The third kappa shape index (κ3) is 5.12. The first-order chi connectivity index (χ1) is 10.3. The predicted molar refractivity (Wildman–Crippen MR) is 81.5 cm³/mol. The third-order valence-corrected chi connectivity index (χ3v) is 3.71. The van der Waals surface area contributed by atoms with E-state index in [4.69, 9.17) is 9.84 Å². The number of nitrogens with one attached hydrogen (secondary N) is 2. The molecule has 1 aliphatic heterocycles. The predicted octanol–water partition coefficient (Wildman–Crippen LogP) is 0.892. The van der Waals surface area contributed by atoms with Gasteiger partial charge in [-0.2, -0.15) is 0 Å². The number of hydrogen-bond donors (Lipinski definition) is 3. The van der Waals surface area contributed by atoms with Gasteiger partial charge in [0.05, 0.1) is 19.8 Å². The van der Waals surface area contributed by atoms with E-state index in [0.29, 0.717) is 31.2 Å². The van der Waals surface area contributed by atoms with Crippen LogP contribution in [0, 0.1) is 0 Å². The Morgan fingerprint density at radius 1 is 1.33 bits per heavy atom. The number of amides is 1. The zero-order valence-corrected chi connectivity index (χ0v) is 12.3. The first kappa shape index (κ1) is 15.9. The van der Waals surface area contributed by atoms with Crippen LogP contribution in [-0.4, -0.2) is 50.5 Å². The average Bonchev–Trinajstić information content (AvgIpc) is 2.55. The summed E-state index contributed by atoms with van der Waals surface area (Å²) < 4.78 is 5.10. The Kier molecular flexibility index (Phi) is 6.66. The standard InChI is InChI=1S/C16H24N2O3/c19-9-11-21-10-8-18-16(20)14-5-3-13(4-6-14)15-2-1-7-17-12-15/h3-6,15,17,19H,1-2,7-12H2,(H,18,20). The summed E-state index contributed by atoms with van der Waals surface area (Å²) >= 11 is 0. The van der Waals surface area contributed by atoms with Crippen molar-refractivity contribution in [2.75, 3.05) is 39.5 Å². The Balaban J connectivity index is 1.79. The van der Waals surface area contributed by atoms with Gasteiger partial charge < -0.3 is 20.5 Å². The molecule has 5 nitrogen and oxygen atoms in total. The van der Waals surface area contributed by atoms with Crippen LogP contribution in [0.15, 0.2) is 24.3 Å². The van der Waals surface area contributed by atoms with Gasteiger partial charge in [-0.25, -0.2) is 0 Å². The normalized spacial score (nSPS) is 18.4. The summed E-state index contributed by atoms with van der Waals surface area (Å²) in [5.74, 6) is 0.471. The van der Waals surface area contributed by atoms with Gasteiger partial charge in [0, 0.05) is 18.7 Å². The second-order valence-electron chi connectivity index (χ2n) is 5.26. The molecule has 1 unspecified atom stereocenters. The molecule has 5 heteroatoms. The van der Waals surface area contributed by atoms with Crippen LogP contribution < -0.4 is 10.6 Å². The van der Waals surface area contributed by atoms with Crippen LogP contribution in [0.1, 0.15) is 34.7 Å². The van der Waals surface area contributed by atoms with Gasteiger partial charge in [0.15, 0.2) is 0 Å². The lowest BCUT2D eigenvalue weighted by atomic mass is 9.91. The summed E-state index contributed by atoms with van der Waals surface area (Å²) in [5.41, 5.74) is 1.97. The van der Waals surface area contributed by atoms with E-state index in [9.17, 15) is 4.79 Å². The summed E-state index contributed by atoms with van der Waals surface area (Å²) in [7, 11) is 0. The van der Waals surface area contributed by atoms with E-state index in [1.165, 1.54) is 18.4 Å². The van der Waals surface area contributed by atoms with Gasteiger partial charge in [0.1, 0.15) is 0 Å². The fraction of sp³-hybridized carbons (Fsp3) is 0.562. The summed E-state index contributed by atoms with van der Waals surface area (Å²) in [6, 6.07) is 7.87. The van der Waals surface area contributed by atoms with E-state index >= 15 is 0 Å². The van der Waals surface area contributed by atoms with Gasteiger partial charge in [0.25, 0.3) is 5.91 Å². The highest BCUT2D eigenvalue weighted by atomic mass is 16.5. The van der Waals surface area contributed by atoms with E-state index in [2.05, 4.69) is 22.8 Å². The maximum absolute atomic E-state index is 11.9. The summed E-state index contributed by atoms with van der Waals surface area (Å²) in [5, 5.41) is 14.8. The number of carbonyl (C=O) groups is 1. The quantitative estimate of drug-likeness (QED) is 0.653. The van der Waals surface area contributed by atoms with Crippen LogP contribution >= 0.6 is 0 Å². The lowest BCUT2D eigenvalue weighted by Gasteiger charge is -2.23. The molecule has 1 atom stereocenters. The van der Waals surface area contributed by atoms with Gasteiger partial charge in [-0.15, -0.1) is 0 Å². The van der Waals surface area contributed by atoms with Crippen LogP contribution in [0.2, 0.25) is 0 Å². The first-order valence-electron chi connectivity index (χ1n) is 7.58. The SMILES string of the molecule is O=C(NCCOCCO)c1ccc(C2CCCNC2)cc1. The minimum atomic E-state index is -0.0871. The van der Waals surface area contributed by atoms with Crippen LogP contribution in [0.25, 0.3) is 0 Å². The number of benzene rings is 1. The molecule has 0 aliphatic carbocycles. The monoisotopic (exact) mass is 292 g/mol. The lowest BCUT2D eigenvalue weighted by molar-refractivity contribution is 0.0838. The molecule has 1 saturated heterocycles. The molecule has 0 aromatic heterocycles. The van der Waals surface area contributed by atoms with E-state index in [1.54, 1.807) is 0 Å². The van der Waals surface area contributed by atoms with Crippen molar-refractivity contribution in [3.8, 4) is 0 Å². The van der Waals surface area contributed by atoms with Crippen molar-refractivity contribution in [1.82, 2.24) is 10.6 Å². The van der Waals surface area contributed by atoms with Gasteiger partial charge in [-0.05, 0) is 43.0 Å². The molecule has 0 bridgehead atoms. The molecule has 2 rings (SSSR count). The number of aliphatic hydroxyl groups is 1. The zero-order chi connectivity index (χ0) is 14.9. The highest BCUT2D eigenvalue weighted by Crippen LogP contribution is 2.23. The van der Waals surface area contributed by atoms with Gasteiger partial charge in [0.2, 0.25) is 0 Å². The van der Waals surface area contributed by atoms with Crippen molar-refractivity contribution in [2.45, 2.75) is 18.8 Å². The van der Waals surface area contributed by atoms with Crippen LogP contribution in [0.3, 0.4) is 0 Å². The molecule has 1 aliphatic rings. The van der Waals surface area contributed by atoms with Crippen LogP contribution in [0.5, 0.6) is 0 Å². The fourth-order valence-electron chi connectivity index (χ4n) is 2.55. The number of carbonyl (C=O) groups excluding carboxylic acids is 1. The second-order valence-corrected chi connectivity index (χ2v) is 5.26. The van der Waals surface area contributed by atoms with Gasteiger partial charge in [-0.1, -0.05) is 12.1 Å². The minimum Gasteiger partial charge on any atom is -0.394 e. The molecule has 1 heterocycles. The second kappa shape index (κ2) is 8.77. The molecule has 1 aromatic rings. The maximum atomic E-state index is 11.9.